The van der Waals surface area contributed by atoms with Crippen LogP contribution in [-0.2, 0) is 16.1 Å². The summed E-state index contributed by atoms with van der Waals surface area (Å²) in [6.45, 7) is 0.711. The van der Waals surface area contributed by atoms with Crippen LogP contribution in [0.3, 0.4) is 0 Å². The Hall–Kier alpha value is -2.15. The van der Waals surface area contributed by atoms with Crippen molar-refractivity contribution in [2.45, 2.75) is 12.6 Å². The summed E-state index contributed by atoms with van der Waals surface area (Å²) in [4.78, 5) is 28.6. The summed E-state index contributed by atoms with van der Waals surface area (Å²) in [6, 6.07) is 4.64. The van der Waals surface area contributed by atoms with Crippen molar-refractivity contribution < 1.29 is 19.4 Å². The highest BCUT2D eigenvalue weighted by Gasteiger charge is 2.35. The van der Waals surface area contributed by atoms with Crippen molar-refractivity contribution in [2.75, 3.05) is 20.3 Å². The highest BCUT2D eigenvalue weighted by atomic mass is 16.5. The predicted octanol–water partition coefficient (Wildman–Crippen LogP) is 0.323. The summed E-state index contributed by atoms with van der Waals surface area (Å²) in [6.07, 6.45) is 1.66. The number of carboxylic acid groups (broad SMARTS) is 1. The fourth-order valence-electron chi connectivity index (χ4n) is 2.02. The Morgan fingerprint density at radius 2 is 2.30 bits per heavy atom. The molecule has 1 saturated heterocycles. The van der Waals surface area contributed by atoms with E-state index in [0.717, 1.165) is 5.69 Å². The maximum atomic E-state index is 12.0. The minimum atomic E-state index is -0.958. The van der Waals surface area contributed by atoms with Crippen LogP contribution in [0.15, 0.2) is 24.4 Å². The second-order valence-corrected chi connectivity index (χ2v) is 4.72. The lowest BCUT2D eigenvalue weighted by Gasteiger charge is -2.22. The van der Waals surface area contributed by atoms with E-state index in [4.69, 9.17) is 9.84 Å². The van der Waals surface area contributed by atoms with E-state index in [0.29, 0.717) is 6.54 Å². The number of nitrogens with one attached hydrogen (secondary N) is 1. The number of nitrogens with zero attached hydrogens (tertiary/aromatic N) is 2. The number of amides is 2. The van der Waals surface area contributed by atoms with Gasteiger partial charge in [-0.2, -0.15) is 0 Å². The lowest BCUT2D eigenvalue weighted by molar-refractivity contribution is -0.142. The molecule has 20 heavy (non-hydrogen) atoms. The van der Waals surface area contributed by atoms with E-state index in [-0.39, 0.29) is 19.2 Å². The van der Waals surface area contributed by atoms with Crippen LogP contribution >= 0.6 is 0 Å². The third-order valence-electron chi connectivity index (χ3n) is 3.18. The normalized spacial score (nSPS) is 21.4. The molecule has 1 aliphatic heterocycles. The van der Waals surface area contributed by atoms with Gasteiger partial charge in [0.2, 0.25) is 0 Å². The van der Waals surface area contributed by atoms with Gasteiger partial charge in [-0.15, -0.1) is 0 Å². The second kappa shape index (κ2) is 6.33. The molecule has 1 aromatic heterocycles. The van der Waals surface area contributed by atoms with Crippen LogP contribution in [0.1, 0.15) is 5.69 Å². The highest BCUT2D eigenvalue weighted by molar-refractivity contribution is 5.77. The largest absolute Gasteiger partial charge is 0.481 e. The number of pyridine rings is 1. The smallest absolute Gasteiger partial charge is 0.317 e. The summed E-state index contributed by atoms with van der Waals surface area (Å²) in [5.74, 6) is -1.65. The van der Waals surface area contributed by atoms with Crippen molar-refractivity contribution in [3.05, 3.63) is 30.1 Å². The minimum absolute atomic E-state index is 0.129. The van der Waals surface area contributed by atoms with E-state index in [1.54, 1.807) is 19.3 Å². The third kappa shape index (κ3) is 3.45. The number of carbonyl (C=O) groups is 2. The molecule has 1 aromatic rings. The third-order valence-corrected chi connectivity index (χ3v) is 3.18. The molecule has 0 aliphatic carbocycles. The molecule has 1 aliphatic rings. The van der Waals surface area contributed by atoms with Crippen LogP contribution < -0.4 is 5.32 Å². The van der Waals surface area contributed by atoms with E-state index in [9.17, 15) is 9.59 Å². The molecule has 7 heteroatoms. The zero-order valence-corrected chi connectivity index (χ0v) is 11.2. The first kappa shape index (κ1) is 14.3. The van der Waals surface area contributed by atoms with Gasteiger partial charge < -0.3 is 20.1 Å². The second-order valence-electron chi connectivity index (χ2n) is 4.72. The number of carboxylic acids is 1. The number of carbonyl (C=O) groups excluding carboxylic acids is 1. The molecule has 0 aromatic carbocycles. The number of rotatable bonds is 4. The van der Waals surface area contributed by atoms with Gasteiger partial charge >= 0.3 is 12.0 Å². The molecule has 2 atom stereocenters. The topological polar surface area (TPSA) is 91.8 Å². The highest BCUT2D eigenvalue weighted by Crippen LogP contribution is 2.14. The van der Waals surface area contributed by atoms with Crippen LogP contribution in [0.2, 0.25) is 0 Å². The number of ether oxygens (including phenoxy) is 1. The van der Waals surface area contributed by atoms with Gasteiger partial charge in [-0.05, 0) is 12.1 Å². The maximum Gasteiger partial charge on any atom is 0.317 e. The SMILES string of the molecule is CN(Cc1ccccn1)C(=O)NC1COCC1C(=O)O. The summed E-state index contributed by atoms with van der Waals surface area (Å²) in [5.41, 5.74) is 0.766. The van der Waals surface area contributed by atoms with E-state index in [2.05, 4.69) is 10.3 Å². The Kier molecular flexibility index (Phi) is 4.52. The Labute approximate surface area is 116 Å². The average Bonchev–Trinajstić information content (AvgIpc) is 2.88. The maximum absolute atomic E-state index is 12.0. The molecule has 0 radical (unpaired) electrons. The van der Waals surface area contributed by atoms with Crippen LogP contribution in [0.25, 0.3) is 0 Å². The molecular formula is C13H17N3O4. The molecule has 2 heterocycles. The molecule has 2 unspecified atom stereocenters. The van der Waals surface area contributed by atoms with Crippen LogP contribution in [-0.4, -0.2) is 53.3 Å². The monoisotopic (exact) mass is 279 g/mol. The first-order valence-electron chi connectivity index (χ1n) is 6.30. The van der Waals surface area contributed by atoms with Crippen LogP contribution in [0.4, 0.5) is 4.79 Å². The molecule has 2 amide bonds. The minimum Gasteiger partial charge on any atom is -0.481 e. The van der Waals surface area contributed by atoms with Crippen LogP contribution in [0.5, 0.6) is 0 Å². The summed E-state index contributed by atoms with van der Waals surface area (Å²) < 4.78 is 5.10. The van der Waals surface area contributed by atoms with Crippen molar-refractivity contribution in [3.63, 3.8) is 0 Å². The summed E-state index contributed by atoms with van der Waals surface area (Å²) in [5, 5.41) is 11.7. The molecule has 2 N–H and O–H groups in total. The molecule has 108 valence electrons. The summed E-state index contributed by atoms with van der Waals surface area (Å²) >= 11 is 0. The van der Waals surface area contributed by atoms with Crippen molar-refractivity contribution in [1.82, 2.24) is 15.2 Å². The number of hydrogen-bond acceptors (Lipinski definition) is 4. The summed E-state index contributed by atoms with van der Waals surface area (Å²) in [7, 11) is 1.63. The quantitative estimate of drug-likeness (QED) is 0.828. The lowest BCUT2D eigenvalue weighted by atomic mass is 10.0. The Morgan fingerprint density at radius 1 is 1.50 bits per heavy atom. The average molecular weight is 279 g/mol. The fourth-order valence-corrected chi connectivity index (χ4v) is 2.02. The predicted molar refractivity (Wildman–Crippen MR) is 70.0 cm³/mol. The van der Waals surface area contributed by atoms with Gasteiger partial charge in [0, 0.05) is 13.2 Å². The van der Waals surface area contributed by atoms with Crippen molar-refractivity contribution in [3.8, 4) is 0 Å². The Bertz CT molecular complexity index is 480. The van der Waals surface area contributed by atoms with Gasteiger partial charge in [0.25, 0.3) is 0 Å². The first-order valence-corrected chi connectivity index (χ1v) is 6.30. The molecule has 1 fully saturated rings. The van der Waals surface area contributed by atoms with Crippen molar-refractivity contribution >= 4 is 12.0 Å². The Balaban J connectivity index is 1.89. The molecule has 2 rings (SSSR count). The van der Waals surface area contributed by atoms with Crippen molar-refractivity contribution in [2.24, 2.45) is 5.92 Å². The van der Waals surface area contributed by atoms with Gasteiger partial charge in [-0.25, -0.2) is 4.79 Å². The molecule has 0 bridgehead atoms. The van der Waals surface area contributed by atoms with Gasteiger partial charge in [-0.3, -0.25) is 9.78 Å². The first-order chi connectivity index (χ1) is 9.58. The number of aliphatic carboxylic acids is 1. The van der Waals surface area contributed by atoms with E-state index in [1.807, 2.05) is 12.1 Å². The van der Waals surface area contributed by atoms with Crippen LogP contribution in [0, 0.1) is 5.92 Å². The molecule has 0 spiro atoms. The molecule has 0 saturated carbocycles. The van der Waals surface area contributed by atoms with Gasteiger partial charge in [0.05, 0.1) is 31.5 Å². The van der Waals surface area contributed by atoms with Gasteiger partial charge in [0.15, 0.2) is 0 Å². The van der Waals surface area contributed by atoms with Gasteiger partial charge in [-0.1, -0.05) is 6.07 Å². The standard InChI is InChI=1S/C13H17N3O4/c1-16(6-9-4-2-3-5-14-9)13(19)15-11-8-20-7-10(11)12(17)18/h2-5,10-11H,6-8H2,1H3,(H,15,19)(H,17,18). The number of hydrogen-bond donors (Lipinski definition) is 2. The fraction of sp³-hybridized carbons (Fsp3) is 0.462. The molecule has 7 nitrogen and oxygen atoms in total. The van der Waals surface area contributed by atoms with E-state index in [1.165, 1.54) is 4.90 Å². The molecular weight excluding hydrogens is 262 g/mol. The zero-order valence-electron chi connectivity index (χ0n) is 11.2. The zero-order chi connectivity index (χ0) is 14.5. The number of urea groups is 1. The number of aromatic nitrogens is 1. The lowest BCUT2D eigenvalue weighted by Crippen LogP contribution is -2.47. The van der Waals surface area contributed by atoms with E-state index < -0.39 is 17.9 Å². The van der Waals surface area contributed by atoms with Crippen molar-refractivity contribution in [1.29, 1.82) is 0 Å². The van der Waals surface area contributed by atoms with Gasteiger partial charge in [0.1, 0.15) is 5.92 Å². The Morgan fingerprint density at radius 3 is 2.95 bits per heavy atom. The van der Waals surface area contributed by atoms with E-state index >= 15 is 0 Å².